The largest absolute Gasteiger partial charge is 1.00 e. The summed E-state index contributed by atoms with van der Waals surface area (Å²) in [6.45, 7) is -1.60. The maximum absolute atomic E-state index is 12.4. The van der Waals surface area contributed by atoms with E-state index in [0.29, 0.717) is 109 Å². The molecule has 620 valence electrons. The van der Waals surface area contributed by atoms with Gasteiger partial charge >= 0.3 is 64.8 Å². The van der Waals surface area contributed by atoms with Gasteiger partial charge in [0.25, 0.3) is 5.24 Å². The average Bonchev–Trinajstić information content (AvgIpc) is 0.859. The van der Waals surface area contributed by atoms with E-state index in [4.69, 9.17) is 125 Å². The molecular weight excluding hydrogens is 1690 g/mol. The summed E-state index contributed by atoms with van der Waals surface area (Å²) in [5.41, 5.74) is 11.7. The molecule has 10 rings (SSSR count). The van der Waals surface area contributed by atoms with E-state index in [0.717, 1.165) is 0 Å². The van der Waals surface area contributed by atoms with Gasteiger partial charge in [-0.3, -0.25) is 29.3 Å². The zero-order valence-corrected chi connectivity index (χ0v) is 69.8. The van der Waals surface area contributed by atoms with Crippen molar-refractivity contribution < 1.29 is 147 Å². The number of alkyl halides is 2. The molecule has 0 amide bonds. The summed E-state index contributed by atoms with van der Waals surface area (Å²) in [5, 5.41) is 68.1. The molecular formula is C80H80AlCl6N6NaO24. The Balaban J connectivity index is 0. The molecule has 38 heteroatoms. The van der Waals surface area contributed by atoms with Gasteiger partial charge in [0.2, 0.25) is 0 Å². The minimum absolute atomic E-state index is 0. The van der Waals surface area contributed by atoms with Crippen molar-refractivity contribution in [2.45, 2.75) is 7.43 Å². The van der Waals surface area contributed by atoms with Crippen LogP contribution in [0.4, 0.5) is 11.4 Å². The monoisotopic (exact) mass is 1770 g/mol. The number of benzene rings is 10. The molecule has 0 aromatic heterocycles. The quantitative estimate of drug-likeness (QED) is 0.00318. The third-order valence-corrected chi connectivity index (χ3v) is 13.7. The van der Waals surface area contributed by atoms with Crippen LogP contribution in [0, 0.1) is 0 Å². The van der Waals surface area contributed by atoms with E-state index < -0.39 is 72.9 Å². The van der Waals surface area contributed by atoms with Crippen LogP contribution in [-0.4, -0.2) is 159 Å². The van der Waals surface area contributed by atoms with Crippen LogP contribution in [0.25, 0.3) is 0 Å². The van der Waals surface area contributed by atoms with Gasteiger partial charge < -0.3 is 59.7 Å². The molecule has 0 aliphatic carbocycles. The molecule has 0 aliphatic heterocycles. The Morgan fingerprint density at radius 2 is 0.593 bits per heavy atom. The summed E-state index contributed by atoms with van der Waals surface area (Å²) in [6, 6.07) is 74.2. The number of nitrogens with zero attached hydrogens (tertiary/aromatic N) is 2. The first kappa shape index (κ1) is 109. The first-order valence-corrected chi connectivity index (χ1v) is 39.5. The normalized spacial score (nSPS) is 9.38. The van der Waals surface area contributed by atoms with E-state index in [2.05, 4.69) is 37.3 Å². The Morgan fingerprint density at radius 1 is 0.381 bits per heavy atom. The van der Waals surface area contributed by atoms with Gasteiger partial charge in [-0.15, -0.1) is 33.2 Å². The van der Waals surface area contributed by atoms with Crippen molar-refractivity contribution in [1.82, 2.24) is 5.32 Å². The minimum Gasteiger partial charge on any atom is -0.546 e. The summed E-state index contributed by atoms with van der Waals surface area (Å²) in [5.74, 6) is 5.28. The van der Waals surface area contributed by atoms with Gasteiger partial charge in [0.1, 0.15) is 42.0 Å². The summed E-state index contributed by atoms with van der Waals surface area (Å²) in [6.07, 6.45) is 0. The second-order valence-electron chi connectivity index (χ2n) is 21.2. The van der Waals surface area contributed by atoms with E-state index >= 15 is 0 Å². The molecule has 0 atom stereocenters. The third-order valence-electron chi connectivity index (χ3n) is 12.9. The number of hydrogen-bond acceptors (Lipinski definition) is 26. The van der Waals surface area contributed by atoms with Crippen LogP contribution < -0.4 is 81.2 Å². The van der Waals surface area contributed by atoms with Crippen LogP contribution >= 0.6 is 65.0 Å². The first-order valence-electron chi connectivity index (χ1n) is 32.8. The third kappa shape index (κ3) is 52.1. The van der Waals surface area contributed by atoms with Gasteiger partial charge in [-0.2, -0.15) is 22.0 Å². The number of nitrogens with two attached hydrogens (primary N) is 3. The molecule has 10 aromatic carbocycles. The summed E-state index contributed by atoms with van der Waals surface area (Å²) in [4.78, 5) is 116. The maximum atomic E-state index is 12.4. The van der Waals surface area contributed by atoms with Crippen LogP contribution in [0.2, 0.25) is 0 Å². The number of anilines is 1. The Labute approximate surface area is 732 Å². The van der Waals surface area contributed by atoms with Gasteiger partial charge in [0, 0.05) is 67.5 Å². The standard InChI is InChI=1S/C17H17N3O4.C15H13NO4.2C15H12O4.C8H8O3.C7H5ClO.C2H4Cl2.CH4.Al.3ClH.2H3NO2.Na/c1-18-11-19-20-14-6-2-12(3-7-14)17(23)13-4-8-15(9-5-13)24-10-16(21)22;16-12-5-1-10(2-6-12)15(19)11-3-7-13(8-4-11)20-9-14(17)18;2*16-14(17)10-19-13-8-6-12(7-9-13)15(18)11-4-2-1-3-5-11;9-8(10)6-11-7-4-2-1-3-5-7;8-7(9)6-4-2-1-3-5-6;3-1-2-4;;;;;;2*1-3-2;/h2-9,18H,10-11H2,1H3,(H,21,22);1-8H,9,16H2,(H,17,18);2*1-9H,10H2,(H,16,17);1-5H,6H2,(H,9,10);1-5H;1-2H2;1H4;;3*1H;2*2H,1H2;/q;;;;;;;;+3;;;;;;+1/p-4. The van der Waals surface area contributed by atoms with Crippen LogP contribution in [-0.2, 0) is 33.9 Å². The van der Waals surface area contributed by atoms with E-state index in [9.17, 15) is 53.1 Å². The number of hydrogen-bond donors (Lipinski definition) is 10. The molecule has 0 heterocycles. The average molecular weight is 1770 g/mol. The van der Waals surface area contributed by atoms with Crippen molar-refractivity contribution in [3.8, 4) is 28.7 Å². The molecule has 13 N–H and O–H groups in total. The van der Waals surface area contributed by atoms with Gasteiger partial charge in [-0.1, -0.05) is 117 Å². The number of carbonyl (C=O) groups is 10. The van der Waals surface area contributed by atoms with Crippen molar-refractivity contribution in [2.24, 2.45) is 22.0 Å². The number of halogens is 6. The topological polar surface area (TPSA) is 495 Å². The van der Waals surface area contributed by atoms with Gasteiger partial charge in [-0.05, 0) is 176 Å². The number of azo groups is 1. The number of para-hydroxylation sites is 1. The fourth-order valence-corrected chi connectivity index (χ4v) is 8.09. The second-order valence-corrected chi connectivity index (χ2v) is 28.8. The molecule has 0 fully saturated rings. The Hall–Kier alpha value is -10.7. The molecule has 0 bridgehead atoms. The van der Waals surface area contributed by atoms with E-state index in [-0.39, 0.29) is 66.7 Å². The number of carboxylic acid groups (broad SMARTS) is 5. The summed E-state index contributed by atoms with van der Waals surface area (Å²) in [7, 11) is 16.6. The number of nitrogens with one attached hydrogen (secondary N) is 1. The van der Waals surface area contributed by atoms with Crippen molar-refractivity contribution in [2.75, 3.05) is 64.2 Å². The molecule has 0 saturated heterocycles. The van der Waals surface area contributed by atoms with Crippen LogP contribution in [0.15, 0.2) is 277 Å². The molecule has 0 saturated carbocycles. The van der Waals surface area contributed by atoms with E-state index in [1.165, 1.54) is 12.1 Å². The summed E-state index contributed by atoms with van der Waals surface area (Å²) >= 11 is 13.6. The minimum atomic E-state index is -1.72. The number of nitrogen functional groups attached to an aromatic ring is 1. The SMILES string of the molecule is C.CNCN=Nc1ccc(C(=O)c2ccc(OCC(=O)[O-])cc2)cc1.ClCCCl.NOO.NOO.Nc1ccc(C(=O)c2ccc(OCC(=O)O)cc2)cc1.O=C(Cl)c1ccccc1.O=C(O)COc1ccc(C(=O)c2ccccc2)cc1.O=C(O)COc1ccc(C(=O)c2ccccc2)cc1.O=C(O)COc1ccccc1.[Cl][Al]([Cl])[Cl].[Na+]. The zero-order valence-electron chi connectivity index (χ0n) is 62.1. The Morgan fingerprint density at radius 3 is 0.814 bits per heavy atom. The van der Waals surface area contributed by atoms with Crippen molar-refractivity contribution >= 4 is 146 Å². The van der Waals surface area contributed by atoms with Crippen molar-refractivity contribution in [1.29, 1.82) is 0 Å². The molecule has 10 aromatic rings. The zero-order chi connectivity index (χ0) is 86.4. The van der Waals surface area contributed by atoms with Gasteiger partial charge in [-0.25, -0.2) is 59.8 Å². The molecule has 0 unspecified atom stereocenters. The number of carboxylic acids is 5. The van der Waals surface area contributed by atoms with E-state index in [1.54, 1.807) is 238 Å². The Bertz CT molecular complexity index is 4420. The Kier molecular flexibility index (Phi) is 62.4. The van der Waals surface area contributed by atoms with Gasteiger partial charge in [0.15, 0.2) is 49.6 Å². The maximum Gasteiger partial charge on any atom is 1.00 e. The van der Waals surface area contributed by atoms with E-state index in [1.807, 2.05) is 24.3 Å². The second kappa shape index (κ2) is 67.3. The first-order chi connectivity index (χ1) is 55.6. The molecule has 118 heavy (non-hydrogen) atoms. The fourth-order valence-electron chi connectivity index (χ4n) is 7.97. The predicted octanol–water partition coefficient (Wildman–Crippen LogP) is 10.7. The van der Waals surface area contributed by atoms with Crippen LogP contribution in [0.1, 0.15) is 81.5 Å². The molecule has 0 spiro atoms. The number of carbonyl (C=O) groups excluding carboxylic acids is 6. The molecule has 0 radical (unpaired) electrons. The number of ketones is 4. The number of rotatable bonds is 28. The van der Waals surface area contributed by atoms with Crippen molar-refractivity contribution in [3.05, 3.63) is 317 Å². The molecule has 0 aliphatic rings. The number of ether oxygens (including phenoxy) is 5. The molecule has 30 nitrogen and oxygen atoms in total. The smallest absolute Gasteiger partial charge is 0.546 e. The van der Waals surface area contributed by atoms with Crippen molar-refractivity contribution in [3.63, 3.8) is 0 Å². The fraction of sp³-hybridized carbons (Fsp3) is 0.125. The van der Waals surface area contributed by atoms with Crippen LogP contribution in [0.5, 0.6) is 28.7 Å². The number of aliphatic carboxylic acids is 5. The van der Waals surface area contributed by atoms with Crippen LogP contribution in [0.3, 0.4) is 0 Å². The van der Waals surface area contributed by atoms with Gasteiger partial charge in [0.05, 0.1) is 11.7 Å². The summed E-state index contributed by atoms with van der Waals surface area (Å²) < 4.78 is 24.8. The predicted molar refractivity (Wildman–Crippen MR) is 442 cm³/mol.